The fraction of sp³-hybridized carbons (Fsp3) is 0.250. The normalized spacial score (nSPS) is 9.79. The summed E-state index contributed by atoms with van der Waals surface area (Å²) in [7, 11) is 0. The molecule has 0 aliphatic rings. The predicted octanol–water partition coefficient (Wildman–Crippen LogP) is 1.25. The molecule has 1 aromatic heterocycles. The summed E-state index contributed by atoms with van der Waals surface area (Å²) in [6, 6.07) is 1.02. The summed E-state index contributed by atoms with van der Waals surface area (Å²) in [5.74, 6) is -1.20. The topological polar surface area (TPSA) is 93.3 Å². The van der Waals surface area contributed by atoms with Gasteiger partial charge in [-0.1, -0.05) is 6.92 Å². The molecule has 0 unspecified atom stereocenters. The van der Waals surface area contributed by atoms with E-state index in [-0.39, 0.29) is 11.3 Å². The molecule has 0 spiro atoms. The zero-order chi connectivity index (χ0) is 10.7. The Labute approximate surface area is 79.4 Å². The number of pyridine rings is 1. The van der Waals surface area contributed by atoms with Gasteiger partial charge in [0.1, 0.15) is 6.20 Å². The molecule has 0 saturated carbocycles. The average molecular weight is 196 g/mol. The number of carbonyl (C=O) groups is 1. The molecule has 14 heavy (non-hydrogen) atoms. The van der Waals surface area contributed by atoms with Crippen molar-refractivity contribution in [3.8, 4) is 0 Å². The zero-order valence-electron chi connectivity index (χ0n) is 7.43. The van der Waals surface area contributed by atoms with Gasteiger partial charge in [0.2, 0.25) is 0 Å². The number of hydrogen-bond acceptors (Lipinski definition) is 4. The van der Waals surface area contributed by atoms with E-state index in [2.05, 4.69) is 4.98 Å². The number of nitrogens with zero attached hydrogens (tertiary/aromatic N) is 2. The van der Waals surface area contributed by atoms with Crippen molar-refractivity contribution in [1.29, 1.82) is 0 Å². The maximum atomic E-state index is 10.7. The second-order valence-corrected chi connectivity index (χ2v) is 2.60. The molecule has 6 heteroatoms. The Kier molecular flexibility index (Phi) is 2.76. The Morgan fingerprint density at radius 3 is 2.79 bits per heavy atom. The number of carboxylic acids is 1. The number of carboxylic acid groups (broad SMARTS) is 1. The second kappa shape index (κ2) is 3.82. The van der Waals surface area contributed by atoms with Gasteiger partial charge in [-0.3, -0.25) is 15.1 Å². The molecule has 0 bridgehead atoms. The molecule has 0 radical (unpaired) electrons. The van der Waals surface area contributed by atoms with Gasteiger partial charge in [-0.2, -0.15) is 0 Å². The van der Waals surface area contributed by atoms with E-state index < -0.39 is 10.9 Å². The van der Waals surface area contributed by atoms with Crippen LogP contribution in [0.1, 0.15) is 23.0 Å². The van der Waals surface area contributed by atoms with Crippen molar-refractivity contribution in [2.75, 3.05) is 0 Å². The molecule has 0 saturated heterocycles. The van der Waals surface area contributed by atoms with Crippen LogP contribution in [0.25, 0.3) is 0 Å². The maximum Gasteiger partial charge on any atom is 0.337 e. The summed E-state index contributed by atoms with van der Waals surface area (Å²) in [4.78, 5) is 24.1. The van der Waals surface area contributed by atoms with Crippen LogP contribution < -0.4 is 0 Å². The first-order valence-corrected chi connectivity index (χ1v) is 3.92. The van der Waals surface area contributed by atoms with Crippen LogP contribution >= 0.6 is 0 Å². The van der Waals surface area contributed by atoms with Crippen molar-refractivity contribution in [2.24, 2.45) is 0 Å². The van der Waals surface area contributed by atoms with Gasteiger partial charge in [-0.25, -0.2) is 4.79 Å². The lowest BCUT2D eigenvalue weighted by Gasteiger charge is -2.00. The molecule has 0 aliphatic carbocycles. The van der Waals surface area contributed by atoms with Crippen LogP contribution in [-0.2, 0) is 6.42 Å². The van der Waals surface area contributed by atoms with Crippen molar-refractivity contribution < 1.29 is 14.8 Å². The first-order chi connectivity index (χ1) is 6.56. The van der Waals surface area contributed by atoms with Crippen molar-refractivity contribution >= 4 is 11.7 Å². The summed E-state index contributed by atoms with van der Waals surface area (Å²) >= 11 is 0. The minimum absolute atomic E-state index is 0.110. The third-order valence-electron chi connectivity index (χ3n) is 1.73. The first-order valence-electron chi connectivity index (χ1n) is 3.92. The van der Waals surface area contributed by atoms with Crippen LogP contribution in [0.3, 0.4) is 0 Å². The molecule has 1 heterocycles. The minimum Gasteiger partial charge on any atom is -0.478 e. The van der Waals surface area contributed by atoms with Crippen molar-refractivity contribution in [1.82, 2.24) is 4.98 Å². The molecule has 0 aliphatic heterocycles. The fourth-order valence-electron chi connectivity index (χ4n) is 1.05. The molecule has 1 N–H and O–H groups in total. The summed E-state index contributed by atoms with van der Waals surface area (Å²) < 4.78 is 0. The SMILES string of the molecule is CCc1ncc([N+](=O)[O-])cc1C(=O)O. The summed E-state index contributed by atoms with van der Waals surface area (Å²) in [5.41, 5.74) is -0.0654. The molecule has 0 fully saturated rings. The predicted molar refractivity (Wildman–Crippen MR) is 47.2 cm³/mol. The second-order valence-electron chi connectivity index (χ2n) is 2.60. The Hall–Kier alpha value is -1.98. The van der Waals surface area contributed by atoms with Crippen LogP contribution in [0.2, 0.25) is 0 Å². The van der Waals surface area contributed by atoms with Crippen LogP contribution in [0.4, 0.5) is 5.69 Å². The molecule has 0 atom stereocenters. The van der Waals surface area contributed by atoms with Crippen LogP contribution in [-0.4, -0.2) is 21.0 Å². The van der Waals surface area contributed by atoms with E-state index in [9.17, 15) is 14.9 Å². The van der Waals surface area contributed by atoms with Crippen molar-refractivity contribution in [2.45, 2.75) is 13.3 Å². The standard InChI is InChI=1S/C8H8N2O4/c1-2-7-6(8(11)12)3-5(4-9-7)10(13)14/h3-4H,2H2,1H3,(H,11,12). The molecule has 1 aromatic rings. The number of nitro groups is 1. The van der Waals surface area contributed by atoms with E-state index in [1.807, 2.05) is 0 Å². The highest BCUT2D eigenvalue weighted by atomic mass is 16.6. The van der Waals surface area contributed by atoms with Crippen molar-refractivity contribution in [3.05, 3.63) is 33.6 Å². The molecular formula is C8H8N2O4. The Bertz CT molecular complexity index is 389. The van der Waals surface area contributed by atoms with Gasteiger partial charge >= 0.3 is 5.97 Å². The van der Waals surface area contributed by atoms with Gasteiger partial charge < -0.3 is 5.11 Å². The highest BCUT2D eigenvalue weighted by molar-refractivity contribution is 5.89. The molecular weight excluding hydrogens is 188 g/mol. The Balaban J connectivity index is 3.27. The molecule has 1 rings (SSSR count). The molecule has 74 valence electrons. The zero-order valence-corrected chi connectivity index (χ0v) is 7.43. The highest BCUT2D eigenvalue weighted by Gasteiger charge is 2.15. The maximum absolute atomic E-state index is 10.7. The lowest BCUT2D eigenvalue weighted by atomic mass is 10.1. The molecule has 0 amide bonds. The quantitative estimate of drug-likeness (QED) is 0.580. The summed E-state index contributed by atoms with van der Waals surface area (Å²) in [6.45, 7) is 1.74. The number of aryl methyl sites for hydroxylation is 1. The minimum atomic E-state index is -1.20. The Morgan fingerprint density at radius 1 is 1.71 bits per heavy atom. The van der Waals surface area contributed by atoms with Gasteiger partial charge in [0, 0.05) is 6.07 Å². The van der Waals surface area contributed by atoms with E-state index >= 15 is 0 Å². The number of hydrogen-bond donors (Lipinski definition) is 1. The fourth-order valence-corrected chi connectivity index (χ4v) is 1.05. The largest absolute Gasteiger partial charge is 0.478 e. The van der Waals surface area contributed by atoms with E-state index in [0.29, 0.717) is 12.1 Å². The van der Waals surface area contributed by atoms with Gasteiger partial charge in [-0.05, 0) is 6.42 Å². The third kappa shape index (κ3) is 1.85. The number of aromatic carboxylic acids is 1. The number of rotatable bonds is 3. The van der Waals surface area contributed by atoms with E-state index in [4.69, 9.17) is 5.11 Å². The van der Waals surface area contributed by atoms with Gasteiger partial charge in [0.25, 0.3) is 5.69 Å². The van der Waals surface area contributed by atoms with Crippen LogP contribution in [0.15, 0.2) is 12.3 Å². The highest BCUT2D eigenvalue weighted by Crippen LogP contribution is 2.15. The monoisotopic (exact) mass is 196 g/mol. The van der Waals surface area contributed by atoms with Crippen LogP contribution in [0, 0.1) is 10.1 Å². The molecule has 0 aromatic carbocycles. The summed E-state index contributed by atoms with van der Waals surface area (Å²) in [6.07, 6.45) is 1.49. The van der Waals surface area contributed by atoms with E-state index in [1.54, 1.807) is 6.92 Å². The third-order valence-corrected chi connectivity index (χ3v) is 1.73. The number of aromatic nitrogens is 1. The van der Waals surface area contributed by atoms with Crippen molar-refractivity contribution in [3.63, 3.8) is 0 Å². The lowest BCUT2D eigenvalue weighted by Crippen LogP contribution is -2.05. The molecule has 6 nitrogen and oxygen atoms in total. The van der Waals surface area contributed by atoms with Crippen LogP contribution in [0.5, 0.6) is 0 Å². The van der Waals surface area contributed by atoms with E-state index in [1.165, 1.54) is 0 Å². The first kappa shape index (κ1) is 10.1. The Morgan fingerprint density at radius 2 is 2.36 bits per heavy atom. The lowest BCUT2D eigenvalue weighted by molar-refractivity contribution is -0.385. The smallest absolute Gasteiger partial charge is 0.337 e. The van der Waals surface area contributed by atoms with Gasteiger partial charge in [0.15, 0.2) is 0 Å². The van der Waals surface area contributed by atoms with Gasteiger partial charge in [0.05, 0.1) is 16.2 Å². The van der Waals surface area contributed by atoms with E-state index in [0.717, 1.165) is 12.3 Å². The summed E-state index contributed by atoms with van der Waals surface area (Å²) in [5, 5.41) is 19.1. The van der Waals surface area contributed by atoms with Gasteiger partial charge in [-0.15, -0.1) is 0 Å². The average Bonchev–Trinajstić information content (AvgIpc) is 2.16.